The number of hydrogen-bond acceptors (Lipinski definition) is 8. The van der Waals surface area contributed by atoms with Gasteiger partial charge >= 0.3 is 0 Å². The first-order chi connectivity index (χ1) is 29.1. The van der Waals surface area contributed by atoms with Crippen LogP contribution < -0.4 is 15.4 Å². The highest BCUT2D eigenvalue weighted by atomic mass is 32.2. The van der Waals surface area contributed by atoms with E-state index in [0.717, 1.165) is 51.0 Å². The van der Waals surface area contributed by atoms with Gasteiger partial charge in [0.05, 0.1) is 34.0 Å². The van der Waals surface area contributed by atoms with Crippen LogP contribution in [0, 0.1) is 0 Å². The molecule has 1 aliphatic rings. The summed E-state index contributed by atoms with van der Waals surface area (Å²) in [5.74, 6) is 0.145. The lowest BCUT2D eigenvalue weighted by molar-refractivity contribution is 0.0950. The third-order valence-electron chi connectivity index (χ3n) is 10.2. The Bertz CT molecular complexity index is 2680. The van der Waals surface area contributed by atoms with Crippen LogP contribution in [0.2, 0.25) is 0 Å². The molecule has 310 valence electrons. The van der Waals surface area contributed by atoms with Crippen molar-refractivity contribution in [1.82, 2.24) is 29.6 Å². The number of para-hydroxylation sites is 2. The lowest BCUT2D eigenvalue weighted by Crippen LogP contribution is -2.32. The summed E-state index contributed by atoms with van der Waals surface area (Å²) in [5, 5.41) is 6.26. The summed E-state index contributed by atoms with van der Waals surface area (Å²) in [7, 11) is -5.98. The van der Waals surface area contributed by atoms with Crippen LogP contribution in [0.15, 0.2) is 155 Å². The summed E-state index contributed by atoms with van der Waals surface area (Å²) in [4.78, 5) is 21.1. The van der Waals surface area contributed by atoms with E-state index in [1.165, 1.54) is 24.3 Å². The quantitative estimate of drug-likeness (QED) is 0.0647. The predicted octanol–water partition coefficient (Wildman–Crippen LogP) is 6.81. The van der Waals surface area contributed by atoms with E-state index in [2.05, 4.69) is 25.3 Å². The second-order valence-electron chi connectivity index (χ2n) is 14.5. The number of carbonyl (C=O) groups is 1. The SMILES string of the molecule is COCCNCC1=CC=C(S(=O)(=O)N(Cc2ccccc2)Cc2cccc(-c3cccc(CNC(=O)c4ccc(S(=O)(=O)NCc5nc6ccccc6[nH]5)cc4)c3)c2)CC1. The number of carbonyl (C=O) groups excluding carboxylic acids is 1. The molecule has 7 rings (SSSR count). The number of methoxy groups -OCH3 is 1. The monoisotopic (exact) mass is 844 g/mol. The number of allylic oxidation sites excluding steroid dienone is 3. The maximum Gasteiger partial charge on any atom is 0.251 e. The number of hydrogen-bond donors (Lipinski definition) is 4. The normalized spacial score (nSPS) is 13.3. The van der Waals surface area contributed by atoms with Gasteiger partial charge in [0.2, 0.25) is 20.0 Å². The van der Waals surface area contributed by atoms with Gasteiger partial charge in [-0.3, -0.25) is 4.79 Å². The molecular weight excluding hydrogens is 797 g/mol. The Morgan fingerprint density at radius 1 is 0.733 bits per heavy atom. The standard InChI is InChI=1S/C46H48N6O6S2/c1-58-26-25-47-29-34-17-21-42(22-18-34)60(56,57)52(32-35-9-3-2-4-10-35)33-37-12-8-14-40(28-37)39-13-7-11-36(27-39)30-48-46(53)38-19-23-41(24-20-38)59(54,55)49-31-45-50-43-15-5-6-16-44(43)51-45/h2-17,19-21,23-24,27-28,47,49H,18,22,25-26,29-33H2,1H3,(H,48,53)(H,50,51). The number of aromatic nitrogens is 2. The van der Waals surface area contributed by atoms with Gasteiger partial charge in [-0.25, -0.2) is 26.5 Å². The summed E-state index contributed by atoms with van der Waals surface area (Å²) in [6.07, 6.45) is 4.76. The fraction of sp³-hybridized carbons (Fsp3) is 0.217. The minimum atomic E-state index is -3.85. The van der Waals surface area contributed by atoms with Crippen LogP contribution in [0.3, 0.4) is 0 Å². The molecule has 5 aromatic carbocycles. The molecule has 0 spiro atoms. The third-order valence-corrected chi connectivity index (χ3v) is 13.6. The predicted molar refractivity (Wildman–Crippen MR) is 234 cm³/mol. The molecule has 0 radical (unpaired) electrons. The molecule has 0 unspecified atom stereocenters. The van der Waals surface area contributed by atoms with Gasteiger partial charge in [-0.1, -0.05) is 90.5 Å². The smallest absolute Gasteiger partial charge is 0.251 e. The second-order valence-corrected chi connectivity index (χ2v) is 18.3. The van der Waals surface area contributed by atoms with Gasteiger partial charge in [-0.15, -0.1) is 0 Å². The number of amides is 1. The zero-order chi connectivity index (χ0) is 42.0. The van der Waals surface area contributed by atoms with Gasteiger partial charge < -0.3 is 20.4 Å². The Balaban J connectivity index is 0.989. The van der Waals surface area contributed by atoms with Crippen LogP contribution in [0.25, 0.3) is 22.2 Å². The fourth-order valence-corrected chi connectivity index (χ4v) is 9.50. The first-order valence-electron chi connectivity index (χ1n) is 19.7. The Kier molecular flexibility index (Phi) is 13.8. The van der Waals surface area contributed by atoms with E-state index in [0.29, 0.717) is 42.3 Å². The summed E-state index contributed by atoms with van der Waals surface area (Å²) in [6.45, 7) is 2.68. The van der Waals surface area contributed by atoms with Crippen LogP contribution in [-0.4, -0.2) is 63.8 Å². The summed E-state index contributed by atoms with van der Waals surface area (Å²) in [6, 6.07) is 38.5. The lowest BCUT2D eigenvalue weighted by atomic mass is 10.0. The number of imidazole rings is 1. The van der Waals surface area contributed by atoms with Crippen molar-refractivity contribution in [1.29, 1.82) is 0 Å². The molecule has 14 heteroatoms. The maximum absolute atomic E-state index is 14.2. The largest absolute Gasteiger partial charge is 0.383 e. The number of sulfonamides is 2. The van der Waals surface area contributed by atoms with Crippen LogP contribution in [0.4, 0.5) is 0 Å². The highest BCUT2D eigenvalue weighted by Gasteiger charge is 2.28. The molecule has 12 nitrogen and oxygen atoms in total. The van der Waals surface area contributed by atoms with E-state index < -0.39 is 20.0 Å². The first kappa shape index (κ1) is 42.4. The first-order valence-corrected chi connectivity index (χ1v) is 22.6. The minimum Gasteiger partial charge on any atom is -0.383 e. The van der Waals surface area contributed by atoms with E-state index in [1.807, 2.05) is 109 Å². The van der Waals surface area contributed by atoms with Gasteiger partial charge in [-0.2, -0.15) is 4.31 Å². The van der Waals surface area contributed by atoms with Crippen molar-refractivity contribution in [2.45, 2.75) is 43.9 Å². The number of H-pyrrole nitrogens is 1. The zero-order valence-electron chi connectivity index (χ0n) is 33.3. The van der Waals surface area contributed by atoms with Crippen LogP contribution in [-0.2, 0) is 51.0 Å². The molecule has 0 fully saturated rings. The average molecular weight is 845 g/mol. The fourth-order valence-electron chi connectivity index (χ4n) is 6.95. The number of ether oxygens (including phenoxy) is 1. The molecule has 1 aliphatic carbocycles. The Morgan fingerprint density at radius 2 is 1.42 bits per heavy atom. The lowest BCUT2D eigenvalue weighted by Gasteiger charge is -2.26. The number of rotatable bonds is 19. The highest BCUT2D eigenvalue weighted by molar-refractivity contribution is 7.93. The molecule has 0 atom stereocenters. The van der Waals surface area contributed by atoms with Crippen molar-refractivity contribution in [2.24, 2.45) is 0 Å². The van der Waals surface area contributed by atoms with Gasteiger partial charge in [0.1, 0.15) is 5.82 Å². The van der Waals surface area contributed by atoms with E-state index in [9.17, 15) is 21.6 Å². The minimum absolute atomic E-state index is 0.0104. The molecule has 0 bridgehead atoms. The molecule has 4 N–H and O–H groups in total. The third kappa shape index (κ3) is 10.9. The average Bonchev–Trinajstić information content (AvgIpc) is 3.70. The molecule has 1 amide bonds. The Morgan fingerprint density at radius 3 is 2.13 bits per heavy atom. The van der Waals surface area contributed by atoms with Crippen molar-refractivity contribution in [2.75, 3.05) is 26.8 Å². The number of benzene rings is 5. The summed E-state index contributed by atoms with van der Waals surface area (Å²) >= 11 is 0. The number of nitrogens with one attached hydrogen (secondary N) is 4. The molecular formula is C46H48N6O6S2. The summed E-state index contributed by atoms with van der Waals surface area (Å²) in [5.41, 5.74) is 7.47. The van der Waals surface area contributed by atoms with Crippen LogP contribution >= 0.6 is 0 Å². The van der Waals surface area contributed by atoms with E-state index in [-0.39, 0.29) is 37.0 Å². The van der Waals surface area contributed by atoms with Gasteiger partial charge in [0.15, 0.2) is 0 Å². The number of fused-ring (bicyclic) bond motifs is 1. The molecule has 1 aromatic heterocycles. The molecule has 0 aliphatic heterocycles. The van der Waals surface area contributed by atoms with Crippen molar-refractivity contribution in [3.8, 4) is 11.1 Å². The molecule has 6 aromatic rings. The number of nitrogens with zero attached hydrogens (tertiary/aromatic N) is 2. The molecule has 0 saturated heterocycles. The van der Waals surface area contributed by atoms with Crippen molar-refractivity contribution in [3.63, 3.8) is 0 Å². The van der Waals surface area contributed by atoms with Crippen molar-refractivity contribution in [3.05, 3.63) is 178 Å². The van der Waals surface area contributed by atoms with Gasteiger partial charge in [0.25, 0.3) is 5.91 Å². The van der Waals surface area contributed by atoms with Gasteiger partial charge in [0, 0.05) is 45.4 Å². The van der Waals surface area contributed by atoms with E-state index >= 15 is 0 Å². The topological polar surface area (TPSA) is 163 Å². The van der Waals surface area contributed by atoms with Crippen molar-refractivity contribution < 1.29 is 26.4 Å². The van der Waals surface area contributed by atoms with E-state index in [1.54, 1.807) is 17.5 Å². The highest BCUT2D eigenvalue weighted by Crippen LogP contribution is 2.29. The van der Waals surface area contributed by atoms with E-state index in [4.69, 9.17) is 4.74 Å². The maximum atomic E-state index is 14.2. The second kappa shape index (κ2) is 19.5. The number of aromatic amines is 1. The van der Waals surface area contributed by atoms with Crippen LogP contribution in [0.5, 0.6) is 0 Å². The summed E-state index contributed by atoms with van der Waals surface area (Å²) < 4.78 is 63.6. The molecule has 60 heavy (non-hydrogen) atoms. The molecule has 1 heterocycles. The Labute approximate surface area is 351 Å². The molecule has 0 saturated carbocycles. The zero-order valence-corrected chi connectivity index (χ0v) is 34.9. The van der Waals surface area contributed by atoms with Crippen molar-refractivity contribution >= 4 is 37.0 Å². The van der Waals surface area contributed by atoms with Crippen LogP contribution in [0.1, 0.15) is 45.7 Å². The van der Waals surface area contributed by atoms with Gasteiger partial charge in [-0.05, 0) is 95.3 Å². The Hall–Kier alpha value is -5.74.